The molecule has 25 heavy (non-hydrogen) atoms. The van der Waals surface area contributed by atoms with Crippen molar-refractivity contribution in [2.45, 2.75) is 4.90 Å². The van der Waals surface area contributed by atoms with Crippen molar-refractivity contribution in [2.75, 3.05) is 31.1 Å². The second kappa shape index (κ2) is 6.33. The summed E-state index contributed by atoms with van der Waals surface area (Å²) in [4.78, 5) is 2.33. The van der Waals surface area contributed by atoms with Gasteiger partial charge in [-0.2, -0.15) is 4.31 Å². The number of piperazine rings is 1. The van der Waals surface area contributed by atoms with Gasteiger partial charge in [-0.25, -0.2) is 8.42 Å². The van der Waals surface area contributed by atoms with Crippen molar-refractivity contribution >= 4 is 38.4 Å². The first-order valence-electron chi connectivity index (χ1n) is 7.91. The minimum absolute atomic E-state index is 0.318. The van der Waals surface area contributed by atoms with Crippen molar-refractivity contribution in [1.29, 1.82) is 0 Å². The number of fused-ring (bicyclic) bond motifs is 1. The maximum Gasteiger partial charge on any atom is 0.243 e. The third kappa shape index (κ3) is 2.88. The lowest BCUT2D eigenvalue weighted by atomic mass is 10.2. The molecule has 0 radical (unpaired) electrons. The highest BCUT2D eigenvalue weighted by Crippen LogP contribution is 2.33. The zero-order chi connectivity index (χ0) is 17.4. The third-order valence-electron chi connectivity index (χ3n) is 4.35. The molecule has 1 saturated heterocycles. The number of aromatic nitrogens is 1. The van der Waals surface area contributed by atoms with E-state index in [-0.39, 0.29) is 0 Å². The highest BCUT2D eigenvalue weighted by atomic mass is 35.5. The van der Waals surface area contributed by atoms with Crippen LogP contribution in [-0.2, 0) is 10.0 Å². The molecule has 0 bridgehead atoms. The van der Waals surface area contributed by atoms with Crippen LogP contribution in [0.5, 0.6) is 0 Å². The Morgan fingerprint density at radius 1 is 0.960 bits per heavy atom. The normalized spacial score (nSPS) is 16.4. The van der Waals surface area contributed by atoms with E-state index in [0.29, 0.717) is 47.5 Å². The zero-order valence-electron chi connectivity index (χ0n) is 13.3. The van der Waals surface area contributed by atoms with Crippen LogP contribution in [0.4, 0.5) is 5.82 Å². The van der Waals surface area contributed by atoms with Crippen LogP contribution in [0, 0.1) is 0 Å². The van der Waals surface area contributed by atoms with Gasteiger partial charge in [-0.1, -0.05) is 41.0 Å². The van der Waals surface area contributed by atoms with Crippen molar-refractivity contribution in [1.82, 2.24) is 9.46 Å². The maximum absolute atomic E-state index is 12.7. The zero-order valence-corrected chi connectivity index (χ0v) is 14.9. The van der Waals surface area contributed by atoms with Gasteiger partial charge < -0.3 is 9.42 Å². The fourth-order valence-electron chi connectivity index (χ4n) is 3.03. The molecule has 0 unspecified atom stereocenters. The van der Waals surface area contributed by atoms with Crippen molar-refractivity contribution in [3.8, 4) is 0 Å². The van der Waals surface area contributed by atoms with Crippen molar-refractivity contribution in [2.24, 2.45) is 0 Å². The largest absolute Gasteiger partial charge is 0.354 e. The smallest absolute Gasteiger partial charge is 0.243 e. The Morgan fingerprint density at radius 2 is 1.68 bits per heavy atom. The number of hydrogen-bond donors (Lipinski definition) is 0. The first kappa shape index (κ1) is 16.4. The van der Waals surface area contributed by atoms with E-state index < -0.39 is 10.0 Å². The standard InChI is InChI=1S/C17H16ClN3O3S/c18-14-7-4-8-15-16(14)17(19-24-15)20-9-11-21(12-10-20)25(22,23)13-5-2-1-3-6-13/h1-8H,9-12H2. The summed E-state index contributed by atoms with van der Waals surface area (Å²) in [6.45, 7) is 1.82. The van der Waals surface area contributed by atoms with Crippen LogP contribution in [0.1, 0.15) is 0 Å². The van der Waals surface area contributed by atoms with E-state index in [1.165, 1.54) is 4.31 Å². The first-order chi connectivity index (χ1) is 12.1. The Hall–Kier alpha value is -2.09. The number of hydrogen-bond acceptors (Lipinski definition) is 5. The maximum atomic E-state index is 12.7. The van der Waals surface area contributed by atoms with Crippen molar-refractivity contribution in [3.63, 3.8) is 0 Å². The Balaban J connectivity index is 1.55. The molecule has 1 aromatic heterocycles. The van der Waals surface area contributed by atoms with Crippen molar-refractivity contribution < 1.29 is 12.9 Å². The van der Waals surface area contributed by atoms with E-state index in [2.05, 4.69) is 5.16 Å². The molecule has 8 heteroatoms. The van der Waals surface area contributed by atoms with Crippen LogP contribution in [-0.4, -0.2) is 44.1 Å². The molecule has 130 valence electrons. The second-order valence-electron chi connectivity index (χ2n) is 5.82. The summed E-state index contributed by atoms with van der Waals surface area (Å²) < 4.78 is 32.2. The molecule has 0 saturated carbocycles. The topological polar surface area (TPSA) is 66.7 Å². The molecular weight excluding hydrogens is 362 g/mol. The number of anilines is 1. The lowest BCUT2D eigenvalue weighted by molar-refractivity contribution is 0.379. The molecule has 0 atom stereocenters. The van der Waals surface area contributed by atoms with Crippen LogP contribution < -0.4 is 4.90 Å². The molecule has 4 rings (SSSR count). The van der Waals surface area contributed by atoms with Gasteiger partial charge >= 0.3 is 0 Å². The molecule has 0 N–H and O–H groups in total. The summed E-state index contributed by atoms with van der Waals surface area (Å²) in [6, 6.07) is 13.9. The van der Waals surface area contributed by atoms with Crippen LogP contribution in [0.15, 0.2) is 57.9 Å². The number of halogens is 1. The van der Waals surface area contributed by atoms with Gasteiger partial charge in [0.2, 0.25) is 10.0 Å². The molecule has 1 aliphatic heterocycles. The van der Waals surface area contributed by atoms with Crippen molar-refractivity contribution in [3.05, 3.63) is 53.6 Å². The SMILES string of the molecule is O=S(=O)(c1ccccc1)N1CCN(c2noc3cccc(Cl)c23)CC1. The average Bonchev–Trinajstić information content (AvgIpc) is 3.08. The highest BCUT2D eigenvalue weighted by Gasteiger charge is 2.30. The highest BCUT2D eigenvalue weighted by molar-refractivity contribution is 7.89. The van der Waals surface area contributed by atoms with Gasteiger partial charge in [0.05, 0.1) is 15.3 Å². The molecule has 6 nitrogen and oxygen atoms in total. The minimum Gasteiger partial charge on any atom is -0.354 e. The number of rotatable bonds is 3. The Kier molecular flexibility index (Phi) is 4.15. The van der Waals surface area contributed by atoms with Gasteiger partial charge in [0, 0.05) is 26.2 Å². The summed E-state index contributed by atoms with van der Waals surface area (Å²) in [5, 5.41) is 5.47. The van der Waals surface area contributed by atoms with E-state index in [4.69, 9.17) is 16.1 Å². The number of nitrogens with zero attached hydrogens (tertiary/aromatic N) is 3. The minimum atomic E-state index is -3.47. The van der Waals surface area contributed by atoms with E-state index in [9.17, 15) is 8.42 Å². The fourth-order valence-corrected chi connectivity index (χ4v) is 4.73. The van der Waals surface area contributed by atoms with Gasteiger partial charge in [-0.3, -0.25) is 0 Å². The van der Waals surface area contributed by atoms with Crippen LogP contribution in [0.2, 0.25) is 5.02 Å². The van der Waals surface area contributed by atoms with Gasteiger partial charge in [0.15, 0.2) is 11.4 Å². The van der Waals surface area contributed by atoms with Crippen LogP contribution >= 0.6 is 11.6 Å². The van der Waals surface area contributed by atoms with Crippen LogP contribution in [0.25, 0.3) is 11.0 Å². The summed E-state index contributed by atoms with van der Waals surface area (Å²) >= 11 is 6.27. The molecule has 2 heterocycles. The summed E-state index contributed by atoms with van der Waals surface area (Å²) in [5.41, 5.74) is 0.627. The van der Waals surface area contributed by atoms with Gasteiger partial charge in [0.25, 0.3) is 0 Å². The molecule has 2 aromatic carbocycles. The lowest BCUT2D eigenvalue weighted by Gasteiger charge is -2.34. The monoisotopic (exact) mass is 377 g/mol. The van der Waals surface area contributed by atoms with E-state index >= 15 is 0 Å². The van der Waals surface area contributed by atoms with Gasteiger partial charge in [0.1, 0.15) is 0 Å². The molecule has 1 aliphatic rings. The lowest BCUT2D eigenvalue weighted by Crippen LogP contribution is -2.48. The summed E-state index contributed by atoms with van der Waals surface area (Å²) in [6.07, 6.45) is 0. The fraction of sp³-hybridized carbons (Fsp3) is 0.235. The molecule has 1 fully saturated rings. The van der Waals surface area contributed by atoms with Crippen LogP contribution in [0.3, 0.4) is 0 Å². The van der Waals surface area contributed by atoms with Gasteiger partial charge in [-0.05, 0) is 24.3 Å². The van der Waals surface area contributed by atoms with E-state index in [1.807, 2.05) is 17.0 Å². The molecule has 3 aromatic rings. The van der Waals surface area contributed by atoms with Gasteiger partial charge in [-0.15, -0.1) is 0 Å². The Bertz CT molecular complexity index is 996. The molecular formula is C17H16ClN3O3S. The summed E-state index contributed by atoms with van der Waals surface area (Å²) in [5.74, 6) is 0.664. The molecule has 0 spiro atoms. The average molecular weight is 378 g/mol. The first-order valence-corrected chi connectivity index (χ1v) is 9.73. The third-order valence-corrected chi connectivity index (χ3v) is 6.58. The Labute approximate surface area is 150 Å². The number of sulfonamides is 1. The second-order valence-corrected chi connectivity index (χ2v) is 8.17. The molecule has 0 aliphatic carbocycles. The quantitative estimate of drug-likeness (QED) is 0.702. The van der Waals surface area contributed by atoms with E-state index in [1.54, 1.807) is 36.4 Å². The Morgan fingerprint density at radius 3 is 2.40 bits per heavy atom. The predicted octanol–water partition coefficient (Wildman–Crippen LogP) is 2.99. The van der Waals surface area contributed by atoms with E-state index in [0.717, 1.165) is 5.39 Å². The number of benzene rings is 2. The predicted molar refractivity (Wildman–Crippen MR) is 96.4 cm³/mol. The molecule has 0 amide bonds. The summed E-state index contributed by atoms with van der Waals surface area (Å²) in [7, 11) is -3.47.